The smallest absolute Gasteiger partial charge is 0.314 e. The number of aliphatic imine (C=N–C) groups is 1. The second-order valence-electron chi connectivity index (χ2n) is 7.74. The highest BCUT2D eigenvalue weighted by molar-refractivity contribution is 6.07. The molecule has 3 unspecified atom stereocenters. The van der Waals surface area contributed by atoms with E-state index >= 15 is 0 Å². The summed E-state index contributed by atoms with van der Waals surface area (Å²) in [6, 6.07) is 8.25. The van der Waals surface area contributed by atoms with E-state index in [2.05, 4.69) is 17.0 Å². The highest BCUT2D eigenvalue weighted by atomic mass is 16.2. The average Bonchev–Trinajstić information content (AvgIpc) is 3.20. The molecule has 0 aliphatic carbocycles. The summed E-state index contributed by atoms with van der Waals surface area (Å²) in [6.45, 7) is 5.68. The van der Waals surface area contributed by atoms with Gasteiger partial charge in [0.15, 0.2) is 18.0 Å². The van der Waals surface area contributed by atoms with E-state index in [1.165, 1.54) is 17.4 Å². The van der Waals surface area contributed by atoms with Crippen LogP contribution in [0.1, 0.15) is 26.3 Å². The molecule has 0 bridgehead atoms. The molecule has 3 heterocycles. The normalized spacial score (nSPS) is 24.4. The van der Waals surface area contributed by atoms with Gasteiger partial charge >= 0.3 is 6.03 Å². The minimum absolute atomic E-state index is 0.227. The zero-order chi connectivity index (χ0) is 20.9. The van der Waals surface area contributed by atoms with Gasteiger partial charge in [-0.05, 0) is 32.8 Å². The van der Waals surface area contributed by atoms with Crippen molar-refractivity contribution in [1.82, 2.24) is 19.6 Å². The Hall–Kier alpha value is -3.16. The van der Waals surface area contributed by atoms with Crippen LogP contribution >= 0.6 is 0 Å². The molecule has 1 fully saturated rings. The molecule has 4 rings (SSSR count). The molecule has 0 radical (unpaired) electrons. The summed E-state index contributed by atoms with van der Waals surface area (Å²) in [5.74, 6) is 0.0718. The van der Waals surface area contributed by atoms with Crippen LogP contribution in [0.5, 0.6) is 0 Å². The minimum Gasteiger partial charge on any atom is -0.314 e. The van der Waals surface area contributed by atoms with Gasteiger partial charge in [-0.3, -0.25) is 14.5 Å². The number of nitrogens with zero attached hydrogens (tertiary/aromatic N) is 5. The number of imide groups is 1. The van der Waals surface area contributed by atoms with Gasteiger partial charge in [0.05, 0.1) is 6.04 Å². The summed E-state index contributed by atoms with van der Waals surface area (Å²) in [4.78, 5) is 49.0. The fourth-order valence-corrected chi connectivity index (χ4v) is 4.06. The molecule has 3 amide bonds. The van der Waals surface area contributed by atoms with E-state index in [-0.39, 0.29) is 11.7 Å². The zero-order valence-corrected chi connectivity index (χ0v) is 17.1. The van der Waals surface area contributed by atoms with Crippen molar-refractivity contribution in [3.63, 3.8) is 0 Å². The van der Waals surface area contributed by atoms with E-state index in [0.717, 1.165) is 23.6 Å². The molecule has 0 N–H and O–H groups in total. The van der Waals surface area contributed by atoms with Crippen molar-refractivity contribution in [3.8, 4) is 0 Å². The van der Waals surface area contributed by atoms with E-state index in [1.54, 1.807) is 14.0 Å². The minimum atomic E-state index is -0.802. The number of ketones is 1. The molecule has 3 atom stereocenters. The maximum absolute atomic E-state index is 13.2. The average molecular weight is 395 g/mol. The van der Waals surface area contributed by atoms with Gasteiger partial charge in [0.1, 0.15) is 0 Å². The Balaban J connectivity index is 1.59. The van der Waals surface area contributed by atoms with Crippen molar-refractivity contribution >= 4 is 23.7 Å². The Labute approximate surface area is 170 Å². The Morgan fingerprint density at radius 2 is 1.90 bits per heavy atom. The standard InChI is InChI=1S/C21H25N5O3/c1-13-12-25-17-18(23(4)21(29)26(19(17)28)14(2)15(3)27)22-20(25)24(13)11-10-16-8-6-5-7-9-16/h5-9,12,14,17-18H,10-11H2,1-4H3. The lowest BCUT2D eigenvalue weighted by atomic mass is 10.1. The number of hydrogen-bond acceptors (Lipinski definition) is 6. The van der Waals surface area contributed by atoms with Crippen molar-refractivity contribution in [2.75, 3.05) is 13.6 Å². The summed E-state index contributed by atoms with van der Waals surface area (Å²) in [6.07, 6.45) is 2.15. The number of rotatable bonds is 5. The maximum atomic E-state index is 13.2. The molecule has 0 saturated carbocycles. The lowest BCUT2D eigenvalue weighted by Gasteiger charge is -2.41. The van der Waals surface area contributed by atoms with Crippen LogP contribution in [0.15, 0.2) is 47.2 Å². The number of hydrogen-bond donors (Lipinski definition) is 0. The first kappa shape index (κ1) is 19.2. The van der Waals surface area contributed by atoms with Crippen molar-refractivity contribution < 1.29 is 14.4 Å². The van der Waals surface area contributed by atoms with Gasteiger partial charge in [-0.25, -0.2) is 9.79 Å². The Kier molecular flexibility index (Phi) is 4.64. The number of carbonyl (C=O) groups is 3. The molecule has 3 aliphatic rings. The summed E-state index contributed by atoms with van der Waals surface area (Å²) in [7, 11) is 1.63. The highest BCUT2D eigenvalue weighted by Crippen LogP contribution is 2.34. The Bertz CT molecular complexity index is 926. The van der Waals surface area contributed by atoms with Gasteiger partial charge in [-0.2, -0.15) is 0 Å². The number of Topliss-reactive ketones (excluding diaryl/α,β-unsaturated/α-hetero) is 1. The van der Waals surface area contributed by atoms with Crippen molar-refractivity contribution in [2.45, 2.75) is 45.4 Å². The number of benzene rings is 1. The zero-order valence-electron chi connectivity index (χ0n) is 17.1. The quantitative estimate of drug-likeness (QED) is 0.758. The number of urea groups is 1. The summed E-state index contributed by atoms with van der Waals surface area (Å²) in [5, 5.41) is 0. The number of fused-ring (bicyclic) bond motifs is 3. The van der Waals surface area contributed by atoms with Crippen molar-refractivity contribution in [2.24, 2.45) is 4.99 Å². The lowest BCUT2D eigenvalue weighted by molar-refractivity contribution is -0.142. The van der Waals surface area contributed by atoms with Crippen LogP contribution < -0.4 is 0 Å². The second kappa shape index (κ2) is 7.02. The van der Waals surface area contributed by atoms with Crippen LogP contribution in [-0.4, -0.2) is 75.1 Å². The summed E-state index contributed by atoms with van der Waals surface area (Å²) >= 11 is 0. The third-order valence-electron chi connectivity index (χ3n) is 5.89. The topological polar surface area (TPSA) is 76.5 Å². The van der Waals surface area contributed by atoms with E-state index in [1.807, 2.05) is 36.2 Å². The third-order valence-corrected chi connectivity index (χ3v) is 5.89. The highest BCUT2D eigenvalue weighted by Gasteiger charge is 2.55. The van der Waals surface area contributed by atoms with Crippen molar-refractivity contribution in [3.05, 3.63) is 47.8 Å². The molecule has 1 saturated heterocycles. The predicted octanol–water partition coefficient (Wildman–Crippen LogP) is 1.64. The van der Waals surface area contributed by atoms with E-state index in [4.69, 9.17) is 4.99 Å². The fraction of sp³-hybridized carbons (Fsp3) is 0.429. The van der Waals surface area contributed by atoms with Crippen LogP contribution in [0.3, 0.4) is 0 Å². The van der Waals surface area contributed by atoms with Gasteiger partial charge < -0.3 is 14.7 Å². The van der Waals surface area contributed by atoms with Gasteiger partial charge in [-0.15, -0.1) is 0 Å². The first-order valence-corrected chi connectivity index (χ1v) is 9.77. The first-order valence-electron chi connectivity index (χ1n) is 9.77. The van der Waals surface area contributed by atoms with Crippen LogP contribution in [0, 0.1) is 0 Å². The molecule has 0 aromatic heterocycles. The molecule has 29 heavy (non-hydrogen) atoms. The molecular weight excluding hydrogens is 370 g/mol. The third kappa shape index (κ3) is 2.99. The molecule has 1 aromatic carbocycles. The molecular formula is C21H25N5O3. The molecule has 8 heteroatoms. The van der Waals surface area contributed by atoms with Crippen LogP contribution in [0.25, 0.3) is 0 Å². The van der Waals surface area contributed by atoms with Gasteiger partial charge in [0, 0.05) is 25.5 Å². The Morgan fingerprint density at radius 3 is 2.55 bits per heavy atom. The van der Waals surface area contributed by atoms with Crippen molar-refractivity contribution in [1.29, 1.82) is 0 Å². The Morgan fingerprint density at radius 1 is 1.21 bits per heavy atom. The van der Waals surface area contributed by atoms with Crippen LogP contribution in [0.2, 0.25) is 0 Å². The SMILES string of the molecule is CC(=O)C(C)N1C(=O)C2C(N=C3N(CCc4ccccc4)C(C)=CN32)N(C)C1=O. The van der Waals surface area contributed by atoms with Gasteiger partial charge in [0.2, 0.25) is 5.96 Å². The fourth-order valence-electron chi connectivity index (χ4n) is 4.06. The lowest BCUT2D eigenvalue weighted by Crippen LogP contribution is -2.66. The van der Waals surface area contributed by atoms with Crippen LogP contribution in [-0.2, 0) is 16.0 Å². The van der Waals surface area contributed by atoms with Gasteiger partial charge in [-0.1, -0.05) is 30.3 Å². The molecule has 8 nitrogen and oxygen atoms in total. The number of likely N-dealkylation sites (N-methyl/N-ethyl adjacent to an activating group) is 1. The number of guanidine groups is 1. The first-order chi connectivity index (χ1) is 13.8. The molecule has 1 aromatic rings. The molecule has 152 valence electrons. The second-order valence-corrected chi connectivity index (χ2v) is 7.74. The summed E-state index contributed by atoms with van der Waals surface area (Å²) in [5.41, 5.74) is 2.22. The summed E-state index contributed by atoms with van der Waals surface area (Å²) < 4.78 is 0. The molecule has 3 aliphatic heterocycles. The number of allylic oxidation sites excluding steroid dienone is 1. The molecule has 0 spiro atoms. The predicted molar refractivity (Wildman–Crippen MR) is 108 cm³/mol. The largest absolute Gasteiger partial charge is 0.328 e. The number of carbonyl (C=O) groups excluding carboxylic acids is 3. The maximum Gasteiger partial charge on any atom is 0.328 e. The van der Waals surface area contributed by atoms with E-state index in [9.17, 15) is 14.4 Å². The van der Waals surface area contributed by atoms with Crippen LogP contribution in [0.4, 0.5) is 4.79 Å². The monoisotopic (exact) mass is 395 g/mol. The van der Waals surface area contributed by atoms with Gasteiger partial charge in [0.25, 0.3) is 5.91 Å². The number of amides is 3. The van der Waals surface area contributed by atoms with E-state index < -0.39 is 24.3 Å². The van der Waals surface area contributed by atoms with E-state index in [0.29, 0.717) is 5.96 Å².